The highest BCUT2D eigenvalue weighted by molar-refractivity contribution is 7.09. The number of nitrogens with zero attached hydrogens (tertiary/aromatic N) is 3. The molecule has 5 nitrogen and oxygen atoms in total. The van der Waals surface area contributed by atoms with E-state index in [0.717, 1.165) is 23.2 Å². The van der Waals surface area contributed by atoms with Crippen molar-refractivity contribution in [1.29, 1.82) is 0 Å². The Kier molecular flexibility index (Phi) is 7.17. The molecule has 0 fully saturated rings. The molecule has 1 aromatic carbocycles. The SMILES string of the molecule is CN=C(NCc1c(C)cc(C)cc1C)N(C)Cc1csc(C(C)OC)n1. The fourth-order valence-electron chi connectivity index (χ4n) is 3.04. The molecule has 1 aromatic heterocycles. The Morgan fingerprint density at radius 3 is 2.54 bits per heavy atom. The number of hydrogen-bond donors (Lipinski definition) is 1. The summed E-state index contributed by atoms with van der Waals surface area (Å²) in [5.74, 6) is 0.860. The molecule has 6 heteroatoms. The van der Waals surface area contributed by atoms with Crippen molar-refractivity contribution in [3.05, 3.63) is 50.5 Å². The van der Waals surface area contributed by atoms with E-state index < -0.39 is 0 Å². The summed E-state index contributed by atoms with van der Waals surface area (Å²) in [6.07, 6.45) is 0.0315. The summed E-state index contributed by atoms with van der Waals surface area (Å²) < 4.78 is 5.34. The summed E-state index contributed by atoms with van der Waals surface area (Å²) in [6, 6.07) is 4.45. The van der Waals surface area contributed by atoms with E-state index in [0.29, 0.717) is 6.54 Å². The van der Waals surface area contributed by atoms with Crippen LogP contribution < -0.4 is 5.32 Å². The summed E-state index contributed by atoms with van der Waals surface area (Å²) in [4.78, 5) is 11.2. The molecule has 0 amide bonds. The van der Waals surface area contributed by atoms with E-state index in [4.69, 9.17) is 4.74 Å². The van der Waals surface area contributed by atoms with Gasteiger partial charge in [-0.1, -0.05) is 17.7 Å². The third-order valence-electron chi connectivity index (χ3n) is 4.51. The number of rotatable bonds is 6. The Balaban J connectivity index is 2.01. The molecule has 0 spiro atoms. The summed E-state index contributed by atoms with van der Waals surface area (Å²) in [7, 11) is 5.55. The van der Waals surface area contributed by atoms with Crippen LogP contribution in [0, 0.1) is 20.8 Å². The van der Waals surface area contributed by atoms with Gasteiger partial charge in [0.05, 0.1) is 12.2 Å². The van der Waals surface area contributed by atoms with E-state index in [1.807, 2.05) is 21.0 Å². The van der Waals surface area contributed by atoms with Crippen molar-refractivity contribution < 1.29 is 4.74 Å². The molecule has 142 valence electrons. The average Bonchev–Trinajstić information content (AvgIpc) is 3.04. The second kappa shape index (κ2) is 9.14. The number of guanidine groups is 1. The minimum Gasteiger partial charge on any atom is -0.375 e. The zero-order chi connectivity index (χ0) is 19.3. The van der Waals surface area contributed by atoms with Crippen LogP contribution in [0.1, 0.15) is 46.0 Å². The van der Waals surface area contributed by atoms with Crippen LogP contribution in [-0.4, -0.2) is 37.0 Å². The first-order chi connectivity index (χ1) is 12.3. The lowest BCUT2D eigenvalue weighted by atomic mass is 10.00. The lowest BCUT2D eigenvalue weighted by Gasteiger charge is -2.22. The van der Waals surface area contributed by atoms with Gasteiger partial charge in [0.2, 0.25) is 0 Å². The molecule has 1 unspecified atom stereocenters. The maximum atomic E-state index is 5.34. The normalized spacial score (nSPS) is 13.0. The summed E-state index contributed by atoms with van der Waals surface area (Å²) >= 11 is 1.64. The van der Waals surface area contributed by atoms with Gasteiger partial charge in [0.15, 0.2) is 5.96 Å². The second-order valence-corrected chi connectivity index (χ2v) is 7.58. The van der Waals surface area contributed by atoms with E-state index in [1.165, 1.54) is 22.3 Å². The molecule has 0 bridgehead atoms. The first-order valence-electron chi connectivity index (χ1n) is 8.81. The van der Waals surface area contributed by atoms with Crippen LogP contribution in [0.2, 0.25) is 0 Å². The molecule has 0 aliphatic rings. The monoisotopic (exact) mass is 374 g/mol. The molecule has 1 atom stereocenters. The Morgan fingerprint density at radius 1 is 1.31 bits per heavy atom. The van der Waals surface area contributed by atoms with Crippen molar-refractivity contribution in [1.82, 2.24) is 15.2 Å². The Morgan fingerprint density at radius 2 is 1.96 bits per heavy atom. The fourth-order valence-corrected chi connectivity index (χ4v) is 3.88. The van der Waals surface area contributed by atoms with Crippen LogP contribution in [0.4, 0.5) is 0 Å². The number of methoxy groups -OCH3 is 1. The van der Waals surface area contributed by atoms with Gasteiger partial charge in [-0.3, -0.25) is 4.99 Å². The summed E-state index contributed by atoms with van der Waals surface area (Å²) in [5.41, 5.74) is 6.28. The van der Waals surface area contributed by atoms with Gasteiger partial charge < -0.3 is 15.0 Å². The predicted octanol–water partition coefficient (Wildman–Crippen LogP) is 3.98. The highest BCUT2D eigenvalue weighted by Gasteiger charge is 2.13. The lowest BCUT2D eigenvalue weighted by molar-refractivity contribution is 0.119. The Bertz CT molecular complexity index is 746. The van der Waals surface area contributed by atoms with Gasteiger partial charge in [0, 0.05) is 33.1 Å². The van der Waals surface area contributed by atoms with Crippen LogP contribution in [0.3, 0.4) is 0 Å². The molecule has 0 aliphatic carbocycles. The molecule has 1 N–H and O–H groups in total. The zero-order valence-electron chi connectivity index (χ0n) is 16.9. The molecule has 2 rings (SSSR count). The van der Waals surface area contributed by atoms with Gasteiger partial charge >= 0.3 is 0 Å². The van der Waals surface area contributed by atoms with Crippen LogP contribution in [-0.2, 0) is 17.8 Å². The Hall–Kier alpha value is -1.92. The number of aliphatic imine (C=N–C) groups is 1. The number of nitrogens with one attached hydrogen (secondary N) is 1. The summed E-state index contributed by atoms with van der Waals surface area (Å²) in [6.45, 7) is 9.94. The van der Waals surface area contributed by atoms with Gasteiger partial charge in [-0.15, -0.1) is 11.3 Å². The first kappa shape index (κ1) is 20.4. The molecule has 2 aromatic rings. The molecular weight excluding hydrogens is 344 g/mol. The van der Waals surface area contributed by atoms with E-state index in [-0.39, 0.29) is 6.10 Å². The molecule has 0 saturated heterocycles. The number of benzene rings is 1. The van der Waals surface area contributed by atoms with Crippen LogP contribution in [0.25, 0.3) is 0 Å². The fraction of sp³-hybridized carbons (Fsp3) is 0.500. The van der Waals surface area contributed by atoms with E-state index >= 15 is 0 Å². The first-order valence-corrected chi connectivity index (χ1v) is 9.69. The average molecular weight is 375 g/mol. The third kappa shape index (κ3) is 5.05. The van der Waals surface area contributed by atoms with Gasteiger partial charge in [0.1, 0.15) is 11.1 Å². The minimum absolute atomic E-state index is 0.0315. The van der Waals surface area contributed by atoms with Crippen LogP contribution in [0.5, 0.6) is 0 Å². The Labute approximate surface area is 161 Å². The van der Waals surface area contributed by atoms with Crippen molar-refractivity contribution in [3.8, 4) is 0 Å². The lowest BCUT2D eigenvalue weighted by Crippen LogP contribution is -2.38. The van der Waals surface area contributed by atoms with Crippen molar-refractivity contribution in [3.63, 3.8) is 0 Å². The third-order valence-corrected chi connectivity index (χ3v) is 5.56. The highest BCUT2D eigenvalue weighted by Crippen LogP contribution is 2.21. The van der Waals surface area contributed by atoms with Crippen molar-refractivity contribution >= 4 is 17.3 Å². The van der Waals surface area contributed by atoms with E-state index in [1.54, 1.807) is 18.4 Å². The zero-order valence-corrected chi connectivity index (χ0v) is 17.7. The van der Waals surface area contributed by atoms with Gasteiger partial charge in [-0.2, -0.15) is 0 Å². The number of aromatic nitrogens is 1. The smallest absolute Gasteiger partial charge is 0.194 e. The number of ether oxygens (including phenoxy) is 1. The highest BCUT2D eigenvalue weighted by atomic mass is 32.1. The van der Waals surface area contributed by atoms with Crippen molar-refractivity contribution in [2.45, 2.75) is 46.9 Å². The largest absolute Gasteiger partial charge is 0.375 e. The molecular formula is C20H30N4OS. The van der Waals surface area contributed by atoms with Gasteiger partial charge in [0.25, 0.3) is 0 Å². The molecule has 0 aliphatic heterocycles. The van der Waals surface area contributed by atoms with Crippen molar-refractivity contribution in [2.24, 2.45) is 4.99 Å². The maximum Gasteiger partial charge on any atom is 0.194 e. The number of thiazole rings is 1. The van der Waals surface area contributed by atoms with E-state index in [2.05, 4.69) is 58.5 Å². The molecule has 26 heavy (non-hydrogen) atoms. The summed E-state index contributed by atoms with van der Waals surface area (Å²) in [5, 5.41) is 6.57. The van der Waals surface area contributed by atoms with Crippen molar-refractivity contribution in [2.75, 3.05) is 21.2 Å². The topological polar surface area (TPSA) is 49.8 Å². The van der Waals surface area contributed by atoms with Gasteiger partial charge in [-0.05, 0) is 44.4 Å². The number of hydrogen-bond acceptors (Lipinski definition) is 4. The second-order valence-electron chi connectivity index (χ2n) is 6.69. The molecule has 0 saturated carbocycles. The minimum atomic E-state index is 0.0315. The van der Waals surface area contributed by atoms with Crippen LogP contribution >= 0.6 is 11.3 Å². The molecule has 1 heterocycles. The standard InChI is InChI=1S/C20H30N4OS/c1-13-8-14(2)18(15(3)9-13)10-22-20(21-5)24(6)11-17-12-26-19(23-17)16(4)25-7/h8-9,12,16H,10-11H2,1-7H3,(H,21,22). The van der Waals surface area contributed by atoms with Gasteiger partial charge in [-0.25, -0.2) is 4.98 Å². The number of aryl methyl sites for hydroxylation is 3. The predicted molar refractivity (Wildman–Crippen MR) is 110 cm³/mol. The maximum absolute atomic E-state index is 5.34. The van der Waals surface area contributed by atoms with E-state index in [9.17, 15) is 0 Å². The molecule has 0 radical (unpaired) electrons. The van der Waals surface area contributed by atoms with Crippen LogP contribution in [0.15, 0.2) is 22.5 Å². The quantitative estimate of drug-likeness (QED) is 0.614.